The Labute approximate surface area is 101 Å². The van der Waals surface area contributed by atoms with Gasteiger partial charge in [-0.1, -0.05) is 24.3 Å². The van der Waals surface area contributed by atoms with E-state index >= 15 is 0 Å². The zero-order chi connectivity index (χ0) is 12.3. The monoisotopic (exact) mass is 235 g/mol. The highest BCUT2D eigenvalue weighted by Gasteiger charge is 2.44. The van der Waals surface area contributed by atoms with Crippen LogP contribution in [-0.4, -0.2) is 31.3 Å². The van der Waals surface area contributed by atoms with Crippen molar-refractivity contribution in [3.8, 4) is 0 Å². The summed E-state index contributed by atoms with van der Waals surface area (Å²) in [7, 11) is 1.61. The van der Waals surface area contributed by atoms with Crippen LogP contribution in [-0.2, 0) is 21.5 Å². The van der Waals surface area contributed by atoms with E-state index in [-0.39, 0.29) is 0 Å². The molecule has 4 heteroatoms. The summed E-state index contributed by atoms with van der Waals surface area (Å²) in [6, 6.07) is 7.74. The van der Waals surface area contributed by atoms with Gasteiger partial charge in [-0.15, -0.1) is 0 Å². The van der Waals surface area contributed by atoms with Crippen LogP contribution in [0.3, 0.4) is 0 Å². The fourth-order valence-electron chi connectivity index (χ4n) is 2.46. The highest BCUT2D eigenvalue weighted by Crippen LogP contribution is 2.36. The quantitative estimate of drug-likeness (QED) is 0.752. The zero-order valence-corrected chi connectivity index (χ0v) is 9.90. The highest BCUT2D eigenvalue weighted by atomic mass is 16.5. The van der Waals surface area contributed by atoms with Gasteiger partial charge in [0.15, 0.2) is 0 Å². The van der Waals surface area contributed by atoms with E-state index in [1.165, 1.54) is 0 Å². The molecule has 0 aromatic heterocycles. The first-order chi connectivity index (χ1) is 8.20. The van der Waals surface area contributed by atoms with Gasteiger partial charge in [0.1, 0.15) is 5.54 Å². The Balaban J connectivity index is 2.28. The molecule has 2 rings (SSSR count). The molecule has 1 aliphatic rings. The van der Waals surface area contributed by atoms with Gasteiger partial charge in [0.25, 0.3) is 0 Å². The standard InChI is InChI=1S/C13H17NO3/c1-17-9-8-14-13(12(15)16)7-6-10-4-2-3-5-11(10)13/h2-5,14H,6-9H2,1H3,(H,15,16). The number of aryl methyl sites for hydroxylation is 1. The molecule has 0 aliphatic heterocycles. The van der Waals surface area contributed by atoms with Gasteiger partial charge >= 0.3 is 5.97 Å². The second-order valence-electron chi connectivity index (χ2n) is 4.29. The summed E-state index contributed by atoms with van der Waals surface area (Å²) in [6.07, 6.45) is 1.41. The van der Waals surface area contributed by atoms with Crippen LogP contribution in [0.5, 0.6) is 0 Å². The van der Waals surface area contributed by atoms with Gasteiger partial charge in [0, 0.05) is 13.7 Å². The van der Waals surface area contributed by atoms with Crippen molar-refractivity contribution in [3.05, 3.63) is 35.4 Å². The molecule has 17 heavy (non-hydrogen) atoms. The molecule has 0 heterocycles. The smallest absolute Gasteiger partial charge is 0.328 e. The lowest BCUT2D eigenvalue weighted by molar-refractivity contribution is -0.145. The number of hydrogen-bond acceptors (Lipinski definition) is 3. The van der Waals surface area contributed by atoms with Crippen LogP contribution in [0.25, 0.3) is 0 Å². The van der Waals surface area contributed by atoms with Crippen molar-refractivity contribution in [2.24, 2.45) is 0 Å². The van der Waals surface area contributed by atoms with Crippen molar-refractivity contribution in [2.75, 3.05) is 20.3 Å². The molecule has 0 bridgehead atoms. The number of carboxylic acid groups (broad SMARTS) is 1. The van der Waals surface area contributed by atoms with Crippen LogP contribution in [0, 0.1) is 0 Å². The first kappa shape index (κ1) is 12.1. The number of rotatable bonds is 5. The second-order valence-corrected chi connectivity index (χ2v) is 4.29. The third-order valence-electron chi connectivity index (χ3n) is 3.34. The largest absolute Gasteiger partial charge is 0.480 e. The van der Waals surface area contributed by atoms with E-state index in [0.29, 0.717) is 19.6 Å². The van der Waals surface area contributed by atoms with E-state index in [2.05, 4.69) is 5.32 Å². The zero-order valence-electron chi connectivity index (χ0n) is 9.90. The van der Waals surface area contributed by atoms with Gasteiger partial charge in [0.2, 0.25) is 0 Å². The molecular weight excluding hydrogens is 218 g/mol. The van der Waals surface area contributed by atoms with E-state index in [0.717, 1.165) is 17.5 Å². The number of benzene rings is 1. The van der Waals surface area contributed by atoms with Crippen molar-refractivity contribution in [1.29, 1.82) is 0 Å². The predicted octanol–water partition coefficient (Wildman–Crippen LogP) is 1.15. The van der Waals surface area contributed by atoms with Crippen LogP contribution in [0.15, 0.2) is 24.3 Å². The number of methoxy groups -OCH3 is 1. The number of fused-ring (bicyclic) bond motifs is 1. The molecule has 0 fully saturated rings. The average molecular weight is 235 g/mol. The van der Waals surface area contributed by atoms with E-state index in [1.54, 1.807) is 7.11 Å². The first-order valence-corrected chi connectivity index (χ1v) is 5.76. The van der Waals surface area contributed by atoms with Crippen molar-refractivity contribution in [2.45, 2.75) is 18.4 Å². The van der Waals surface area contributed by atoms with Crippen LogP contribution in [0.4, 0.5) is 0 Å². The lowest BCUT2D eigenvalue weighted by atomic mass is 9.92. The fourth-order valence-corrected chi connectivity index (χ4v) is 2.46. The van der Waals surface area contributed by atoms with Crippen molar-refractivity contribution < 1.29 is 14.6 Å². The van der Waals surface area contributed by atoms with E-state index in [9.17, 15) is 9.90 Å². The van der Waals surface area contributed by atoms with E-state index in [4.69, 9.17) is 4.74 Å². The number of aliphatic carboxylic acids is 1. The third-order valence-corrected chi connectivity index (χ3v) is 3.34. The summed E-state index contributed by atoms with van der Waals surface area (Å²) in [6.45, 7) is 1.05. The molecule has 92 valence electrons. The highest BCUT2D eigenvalue weighted by molar-refractivity contribution is 5.82. The minimum Gasteiger partial charge on any atom is -0.480 e. The maximum atomic E-state index is 11.6. The summed E-state index contributed by atoms with van der Waals surface area (Å²) in [4.78, 5) is 11.6. The Morgan fingerprint density at radius 3 is 3.00 bits per heavy atom. The Morgan fingerprint density at radius 2 is 2.29 bits per heavy atom. The van der Waals surface area contributed by atoms with Crippen LogP contribution in [0.2, 0.25) is 0 Å². The van der Waals surface area contributed by atoms with Crippen LogP contribution >= 0.6 is 0 Å². The van der Waals surface area contributed by atoms with Gasteiger partial charge < -0.3 is 9.84 Å². The number of nitrogens with one attached hydrogen (secondary N) is 1. The fraction of sp³-hybridized carbons (Fsp3) is 0.462. The summed E-state index contributed by atoms with van der Waals surface area (Å²) >= 11 is 0. The van der Waals surface area contributed by atoms with Gasteiger partial charge in [-0.25, -0.2) is 4.79 Å². The summed E-state index contributed by atoms with van der Waals surface area (Å²) in [5.74, 6) is -0.807. The Morgan fingerprint density at radius 1 is 1.53 bits per heavy atom. The lowest BCUT2D eigenvalue weighted by Crippen LogP contribution is -2.48. The molecule has 0 saturated carbocycles. The third kappa shape index (κ3) is 2.06. The van der Waals surface area contributed by atoms with Gasteiger partial charge in [-0.3, -0.25) is 5.32 Å². The first-order valence-electron chi connectivity index (χ1n) is 5.76. The molecular formula is C13H17NO3. The minimum atomic E-state index is -0.935. The van der Waals surface area contributed by atoms with E-state index in [1.807, 2.05) is 24.3 Å². The van der Waals surface area contributed by atoms with Gasteiger partial charge in [-0.05, 0) is 24.0 Å². The molecule has 0 radical (unpaired) electrons. The molecule has 1 aliphatic carbocycles. The van der Waals surface area contributed by atoms with Crippen molar-refractivity contribution in [3.63, 3.8) is 0 Å². The molecule has 0 amide bonds. The summed E-state index contributed by atoms with van der Waals surface area (Å²) < 4.78 is 4.96. The normalized spacial score (nSPS) is 22.4. The van der Waals surface area contributed by atoms with Crippen molar-refractivity contribution >= 4 is 5.97 Å². The maximum Gasteiger partial charge on any atom is 0.328 e. The molecule has 1 unspecified atom stereocenters. The molecule has 2 N–H and O–H groups in total. The summed E-state index contributed by atoms with van der Waals surface area (Å²) in [5.41, 5.74) is 1.08. The maximum absolute atomic E-state index is 11.6. The number of hydrogen-bond donors (Lipinski definition) is 2. The van der Waals surface area contributed by atoms with E-state index < -0.39 is 11.5 Å². The number of carboxylic acids is 1. The Hall–Kier alpha value is -1.39. The number of carbonyl (C=O) groups is 1. The van der Waals surface area contributed by atoms with Gasteiger partial charge in [0.05, 0.1) is 6.61 Å². The predicted molar refractivity (Wildman–Crippen MR) is 64.0 cm³/mol. The lowest BCUT2D eigenvalue weighted by Gasteiger charge is -2.27. The van der Waals surface area contributed by atoms with Crippen LogP contribution < -0.4 is 5.32 Å². The Bertz CT molecular complexity index is 419. The SMILES string of the molecule is COCCNC1(C(=O)O)CCc2ccccc21. The molecule has 1 aromatic carbocycles. The average Bonchev–Trinajstić information content (AvgIpc) is 2.70. The molecule has 0 spiro atoms. The molecule has 1 atom stereocenters. The molecule has 4 nitrogen and oxygen atoms in total. The molecule has 1 aromatic rings. The van der Waals surface area contributed by atoms with Gasteiger partial charge in [-0.2, -0.15) is 0 Å². The number of ether oxygens (including phenoxy) is 1. The second kappa shape index (κ2) is 4.85. The minimum absolute atomic E-state index is 0.511. The Kier molecular flexibility index (Phi) is 3.45. The summed E-state index contributed by atoms with van der Waals surface area (Å²) in [5, 5.41) is 12.6. The van der Waals surface area contributed by atoms with Crippen molar-refractivity contribution in [1.82, 2.24) is 5.32 Å². The van der Waals surface area contributed by atoms with Crippen LogP contribution in [0.1, 0.15) is 17.5 Å². The molecule has 0 saturated heterocycles. The topological polar surface area (TPSA) is 58.6 Å².